The molecule has 8 nitrogen and oxygen atoms in total. The van der Waals surface area contributed by atoms with Gasteiger partial charge in [0.05, 0.1) is 40.4 Å². The largest absolute Gasteiger partial charge is 0.464 e. The molecule has 0 bridgehead atoms. The normalized spacial score (nSPS) is 11.4. The number of rotatable bonds is 8. The molecule has 3 aromatic rings. The van der Waals surface area contributed by atoms with Crippen LogP contribution in [0.2, 0.25) is 5.02 Å². The van der Waals surface area contributed by atoms with E-state index in [0.29, 0.717) is 16.2 Å². The third-order valence-electron chi connectivity index (χ3n) is 4.60. The zero-order valence-electron chi connectivity index (χ0n) is 18.5. The molecule has 0 saturated heterocycles. The Morgan fingerprint density at radius 1 is 1.30 bits per heavy atom. The van der Waals surface area contributed by atoms with Gasteiger partial charge in [-0.3, -0.25) is 9.63 Å². The molecular weight excluding hydrogens is 515 g/mol. The van der Waals surface area contributed by atoms with E-state index in [0.717, 1.165) is 4.47 Å². The van der Waals surface area contributed by atoms with Crippen molar-refractivity contribution >= 4 is 85.4 Å². The Bertz CT molecular complexity index is 1220. The van der Waals surface area contributed by atoms with Crippen molar-refractivity contribution in [1.82, 2.24) is 15.0 Å². The van der Waals surface area contributed by atoms with E-state index in [-0.39, 0.29) is 23.4 Å². The van der Waals surface area contributed by atoms with Gasteiger partial charge in [0.2, 0.25) is 0 Å². The number of amides is 1. The Balaban J connectivity index is 2.06. The minimum absolute atomic E-state index is 0.0613. The highest BCUT2D eigenvalue weighted by molar-refractivity contribution is 9.10. The molecule has 2 aromatic carbocycles. The van der Waals surface area contributed by atoms with Gasteiger partial charge in [0.1, 0.15) is 29.1 Å². The predicted molar refractivity (Wildman–Crippen MR) is 136 cm³/mol. The lowest BCUT2D eigenvalue weighted by molar-refractivity contribution is -0.150. The number of carbonyl (C=O) groups is 2. The van der Waals surface area contributed by atoms with Gasteiger partial charge in [-0.1, -0.05) is 27.5 Å². The van der Waals surface area contributed by atoms with Crippen molar-refractivity contribution in [1.29, 1.82) is 0 Å². The average molecular weight is 535 g/mol. The van der Waals surface area contributed by atoms with Crippen molar-refractivity contribution in [2.24, 2.45) is 0 Å². The van der Waals surface area contributed by atoms with E-state index in [1.807, 2.05) is 23.5 Å². The molecule has 0 fully saturated rings. The summed E-state index contributed by atoms with van der Waals surface area (Å²) >= 11 is 9.60. The Labute approximate surface area is 205 Å². The van der Waals surface area contributed by atoms with Crippen molar-refractivity contribution in [2.45, 2.75) is 12.2 Å². The number of fused-ring (bicyclic) bond motifs is 1. The number of anilines is 2. The number of aromatic nitrogens is 2. The highest BCUT2D eigenvalue weighted by Crippen LogP contribution is 2.34. The van der Waals surface area contributed by atoms with Gasteiger partial charge >= 0.3 is 5.97 Å². The molecule has 1 aromatic heterocycles. The van der Waals surface area contributed by atoms with E-state index in [1.165, 1.54) is 12.4 Å². The molecule has 0 saturated carbocycles. The van der Waals surface area contributed by atoms with E-state index in [4.69, 9.17) is 21.2 Å². The summed E-state index contributed by atoms with van der Waals surface area (Å²) < 4.78 is 22.9. The molecule has 1 amide bonds. The number of benzene rings is 2. The van der Waals surface area contributed by atoms with Crippen LogP contribution in [0.4, 0.5) is 15.8 Å². The van der Waals surface area contributed by atoms with Crippen LogP contribution in [0, 0.1) is 5.82 Å². The van der Waals surface area contributed by atoms with Crippen LogP contribution in [0.1, 0.15) is 17.3 Å². The summed E-state index contributed by atoms with van der Waals surface area (Å²) in [5, 5.41) is 2.79. The summed E-state index contributed by atoms with van der Waals surface area (Å²) in [6, 6.07) is 6.51. The second-order valence-corrected chi connectivity index (χ2v) is 9.36. The molecule has 0 radical (unpaired) electrons. The maximum Gasteiger partial charge on any atom is 0.334 e. The van der Waals surface area contributed by atoms with Gasteiger partial charge < -0.3 is 14.6 Å². The van der Waals surface area contributed by atoms with E-state index in [1.54, 1.807) is 29.7 Å². The van der Waals surface area contributed by atoms with Crippen molar-refractivity contribution in [3.8, 4) is 0 Å². The topological polar surface area (TPSA) is 94.5 Å². The summed E-state index contributed by atoms with van der Waals surface area (Å²) in [5.41, 5.74) is 2.86. The first-order valence-corrected chi connectivity index (χ1v) is 11.2. The third kappa shape index (κ3) is 5.71. The summed E-state index contributed by atoms with van der Waals surface area (Å²) in [7, 11) is 5.80. The van der Waals surface area contributed by atoms with Crippen molar-refractivity contribution < 1.29 is 23.6 Å². The van der Waals surface area contributed by atoms with Gasteiger partial charge in [0, 0.05) is 4.47 Å². The van der Waals surface area contributed by atoms with E-state index < -0.39 is 29.5 Å². The highest BCUT2D eigenvalue weighted by Gasteiger charge is 2.25. The maximum absolute atomic E-state index is 15.7. The molecule has 170 valence electrons. The molecule has 0 unspecified atom stereocenters. The Hall–Kier alpha value is -2.50. The number of hydrogen-bond donors (Lipinski definition) is 2. The zero-order valence-corrected chi connectivity index (χ0v) is 20.8. The van der Waals surface area contributed by atoms with Crippen LogP contribution in [-0.4, -0.2) is 58.2 Å². The van der Waals surface area contributed by atoms with E-state index in [9.17, 15) is 9.59 Å². The molecule has 0 aliphatic carbocycles. The number of imidazole rings is 1. The predicted octanol–water partition coefficient (Wildman–Crippen LogP) is 1.03. The number of nitrogens with zero attached hydrogens (tertiary/aromatic N) is 2. The average Bonchev–Trinajstić information content (AvgIpc) is 3.16. The van der Waals surface area contributed by atoms with Gasteiger partial charge in [0.25, 0.3) is 5.91 Å². The quantitative estimate of drug-likeness (QED) is 0.255. The van der Waals surface area contributed by atoms with Crippen LogP contribution in [0.5, 0.6) is 0 Å². The second-order valence-electron chi connectivity index (χ2n) is 8.04. The van der Waals surface area contributed by atoms with Crippen LogP contribution in [-0.2, 0) is 19.6 Å². The molecule has 1 heterocycles. The fourth-order valence-corrected chi connectivity index (χ4v) is 3.81. The summed E-state index contributed by atoms with van der Waals surface area (Å²) in [4.78, 5) is 33.6. The fourth-order valence-electron chi connectivity index (χ4n) is 3.09. The molecule has 3 rings (SSSR count). The number of esters is 1. The first kappa shape index (κ1) is 25.1. The molecule has 14 heteroatoms. The van der Waals surface area contributed by atoms with Crippen LogP contribution in [0.25, 0.3) is 11.0 Å². The lowest BCUT2D eigenvalue weighted by Gasteiger charge is -2.22. The summed E-state index contributed by atoms with van der Waals surface area (Å²) in [6.07, 6.45) is 1.52. The standard InChI is InChI=1S/C19H20B3BrClFN4O4/c1-2-32-14(30)7-33-28-18(31)10-6-13-17(26-8-29(13)19(20,21)22)15(25)16(10)27-12-4-3-9(23)5-11(12)24/h3-6,8,27H,2,7,20-22H2,1H3,(H,28,31). The smallest absolute Gasteiger partial charge is 0.334 e. The molecular formula is C19H20B3BrClFN4O4. The van der Waals surface area contributed by atoms with Crippen molar-refractivity contribution in [3.05, 3.63) is 51.5 Å². The Kier molecular flexibility index (Phi) is 7.76. The van der Waals surface area contributed by atoms with Crippen molar-refractivity contribution in [2.75, 3.05) is 18.5 Å². The molecule has 0 atom stereocenters. The van der Waals surface area contributed by atoms with E-state index in [2.05, 4.69) is 31.7 Å². The van der Waals surface area contributed by atoms with Gasteiger partial charge in [-0.05, 0) is 36.4 Å². The van der Waals surface area contributed by atoms with Gasteiger partial charge in [-0.25, -0.2) is 19.6 Å². The molecule has 0 spiro atoms. The summed E-state index contributed by atoms with van der Waals surface area (Å²) in [5.74, 6) is -2.15. The molecule has 2 N–H and O–H groups in total. The number of halogens is 3. The third-order valence-corrected chi connectivity index (χ3v) is 5.41. The highest BCUT2D eigenvalue weighted by atomic mass is 79.9. The van der Waals surface area contributed by atoms with Crippen LogP contribution < -0.4 is 10.8 Å². The van der Waals surface area contributed by atoms with Gasteiger partial charge in [-0.15, -0.1) is 0 Å². The first-order valence-electron chi connectivity index (χ1n) is 10.0. The van der Waals surface area contributed by atoms with E-state index >= 15 is 4.39 Å². The first-order chi connectivity index (χ1) is 15.5. The minimum atomic E-state index is -0.766. The van der Waals surface area contributed by atoms with Crippen molar-refractivity contribution in [3.63, 3.8) is 0 Å². The maximum atomic E-state index is 15.7. The van der Waals surface area contributed by atoms with Crippen LogP contribution in [0.15, 0.2) is 35.1 Å². The molecule has 33 heavy (non-hydrogen) atoms. The number of ether oxygens (including phenoxy) is 1. The van der Waals surface area contributed by atoms with Gasteiger partial charge in [0.15, 0.2) is 12.4 Å². The SMILES string of the molecule is BC(B)(B)n1cnc2c(F)c(Nc3ccc(Br)cc3Cl)c(C(=O)NOCC(=O)OCC)cc21. The van der Waals surface area contributed by atoms with Crippen LogP contribution >= 0.6 is 27.5 Å². The Morgan fingerprint density at radius 2 is 2.03 bits per heavy atom. The monoisotopic (exact) mass is 534 g/mol. The molecule has 0 aliphatic heterocycles. The lowest BCUT2D eigenvalue weighted by atomic mass is 9.49. The van der Waals surface area contributed by atoms with Crippen LogP contribution in [0.3, 0.4) is 0 Å². The second kappa shape index (κ2) is 10.2. The zero-order chi connectivity index (χ0) is 24.3. The number of carbonyl (C=O) groups excluding carboxylic acids is 2. The molecule has 0 aliphatic rings. The number of hydrogen-bond acceptors (Lipinski definition) is 6. The number of hydroxylamine groups is 1. The lowest BCUT2D eigenvalue weighted by Crippen LogP contribution is -2.34. The van der Waals surface area contributed by atoms with Gasteiger partial charge in [-0.2, -0.15) is 0 Å². The minimum Gasteiger partial charge on any atom is -0.464 e. The fraction of sp³-hybridized carbons (Fsp3) is 0.211. The Morgan fingerprint density at radius 3 is 2.67 bits per heavy atom. The number of nitrogens with one attached hydrogen (secondary N) is 2. The summed E-state index contributed by atoms with van der Waals surface area (Å²) in [6.45, 7) is 1.33.